The second-order valence-electron chi connectivity index (χ2n) is 4.40. The van der Waals surface area contributed by atoms with Crippen LogP contribution in [0, 0.1) is 6.92 Å². The minimum absolute atomic E-state index is 0.0580. The lowest BCUT2D eigenvalue weighted by atomic mass is 10.2. The van der Waals surface area contributed by atoms with Gasteiger partial charge in [0.25, 0.3) is 0 Å². The van der Waals surface area contributed by atoms with Crippen molar-refractivity contribution in [1.29, 1.82) is 0 Å². The number of benzene rings is 1. The van der Waals surface area contributed by atoms with Crippen molar-refractivity contribution in [3.63, 3.8) is 0 Å². The normalized spacial score (nSPS) is 12.5. The second-order valence-corrected chi connectivity index (χ2v) is 6.17. The third-order valence-corrected chi connectivity index (χ3v) is 4.14. The third kappa shape index (κ3) is 4.04. The van der Waals surface area contributed by atoms with E-state index in [-0.39, 0.29) is 13.0 Å². The van der Waals surface area contributed by atoms with Gasteiger partial charge in [0.15, 0.2) is 5.82 Å². The van der Waals surface area contributed by atoms with E-state index in [0.29, 0.717) is 17.8 Å². The van der Waals surface area contributed by atoms with E-state index in [0.717, 1.165) is 18.2 Å². The lowest BCUT2D eigenvalue weighted by molar-refractivity contribution is -0.137. The summed E-state index contributed by atoms with van der Waals surface area (Å²) in [4.78, 5) is 3.44. The maximum atomic E-state index is 12.6. The molecule has 0 saturated carbocycles. The summed E-state index contributed by atoms with van der Waals surface area (Å²) in [5, 5.41) is 3.58. The highest BCUT2D eigenvalue weighted by Gasteiger charge is 2.31. The average Bonchev–Trinajstić information content (AvgIpc) is 2.83. The van der Waals surface area contributed by atoms with Crippen LogP contribution in [0.15, 0.2) is 33.7 Å². The van der Waals surface area contributed by atoms with Gasteiger partial charge >= 0.3 is 6.18 Å². The predicted molar refractivity (Wildman–Crippen MR) is 69.4 cm³/mol. The summed E-state index contributed by atoms with van der Waals surface area (Å²) in [6.45, 7) is 1.53. The summed E-state index contributed by atoms with van der Waals surface area (Å²) >= 11 is 0. The molecule has 0 amide bonds. The first kappa shape index (κ1) is 16.4. The van der Waals surface area contributed by atoms with Gasteiger partial charge in [-0.25, -0.2) is 13.1 Å². The van der Waals surface area contributed by atoms with Crippen molar-refractivity contribution in [1.82, 2.24) is 14.9 Å². The fraction of sp³-hybridized carbons (Fsp3) is 0.333. The number of alkyl halides is 3. The highest BCUT2D eigenvalue weighted by atomic mass is 32.2. The van der Waals surface area contributed by atoms with Crippen LogP contribution in [-0.4, -0.2) is 25.1 Å². The Labute approximate surface area is 124 Å². The molecule has 0 fully saturated rings. The zero-order chi connectivity index (χ0) is 16.4. The van der Waals surface area contributed by atoms with Gasteiger partial charge in [-0.2, -0.15) is 18.2 Å². The molecule has 0 atom stereocenters. The van der Waals surface area contributed by atoms with E-state index in [4.69, 9.17) is 4.52 Å². The molecular weight excluding hydrogens is 323 g/mol. The van der Waals surface area contributed by atoms with E-state index in [1.54, 1.807) is 6.92 Å². The zero-order valence-electron chi connectivity index (χ0n) is 11.4. The predicted octanol–water partition coefficient (Wildman–Crippen LogP) is 1.92. The summed E-state index contributed by atoms with van der Waals surface area (Å²) in [5.41, 5.74) is -1.02. The zero-order valence-corrected chi connectivity index (χ0v) is 12.2. The van der Waals surface area contributed by atoms with Crippen molar-refractivity contribution in [2.75, 3.05) is 6.54 Å². The Morgan fingerprint density at radius 1 is 1.32 bits per heavy atom. The third-order valence-electron chi connectivity index (χ3n) is 2.68. The summed E-state index contributed by atoms with van der Waals surface area (Å²) in [7, 11) is -4.04. The largest absolute Gasteiger partial charge is 0.416 e. The number of halogens is 3. The summed E-state index contributed by atoms with van der Waals surface area (Å²) in [6.07, 6.45) is -4.44. The molecular formula is C12H12F3N3O3S. The van der Waals surface area contributed by atoms with Crippen molar-refractivity contribution < 1.29 is 26.1 Å². The lowest BCUT2D eigenvalue weighted by Gasteiger charge is -2.09. The minimum atomic E-state index is -4.60. The fourth-order valence-corrected chi connectivity index (χ4v) is 2.74. The molecule has 120 valence electrons. The van der Waals surface area contributed by atoms with Gasteiger partial charge in [-0.15, -0.1) is 0 Å². The standard InChI is InChI=1S/C12H12F3N3O3S/c1-8-17-11(18-21-8)5-6-16-22(19,20)10-4-2-3-9(7-10)12(13,14)15/h2-4,7,16H,5-6H2,1H3. The van der Waals surface area contributed by atoms with E-state index < -0.39 is 26.7 Å². The summed E-state index contributed by atoms with van der Waals surface area (Å²) in [6, 6.07) is 3.53. The SMILES string of the molecule is Cc1nc(CCNS(=O)(=O)c2cccc(C(F)(F)F)c2)no1. The molecule has 2 rings (SSSR count). The maximum absolute atomic E-state index is 12.6. The van der Waals surface area contributed by atoms with Crippen LogP contribution in [0.1, 0.15) is 17.3 Å². The lowest BCUT2D eigenvalue weighted by Crippen LogP contribution is -2.26. The van der Waals surface area contributed by atoms with Gasteiger partial charge in [-0.05, 0) is 18.2 Å². The molecule has 0 aliphatic carbocycles. The van der Waals surface area contributed by atoms with Gasteiger partial charge < -0.3 is 4.52 Å². The fourth-order valence-electron chi connectivity index (χ4n) is 1.66. The van der Waals surface area contributed by atoms with Gasteiger partial charge in [0.05, 0.1) is 10.5 Å². The van der Waals surface area contributed by atoms with E-state index in [1.165, 1.54) is 0 Å². The van der Waals surface area contributed by atoms with Crippen LogP contribution < -0.4 is 4.72 Å². The highest BCUT2D eigenvalue weighted by Crippen LogP contribution is 2.30. The van der Waals surface area contributed by atoms with Crippen molar-refractivity contribution in [2.45, 2.75) is 24.4 Å². The Bertz CT molecular complexity index is 756. The van der Waals surface area contributed by atoms with Crippen molar-refractivity contribution >= 4 is 10.0 Å². The van der Waals surface area contributed by atoms with E-state index >= 15 is 0 Å². The molecule has 0 unspecified atom stereocenters. The highest BCUT2D eigenvalue weighted by molar-refractivity contribution is 7.89. The Morgan fingerprint density at radius 3 is 2.64 bits per heavy atom. The van der Waals surface area contributed by atoms with Crippen LogP contribution in [0.2, 0.25) is 0 Å². The molecule has 0 spiro atoms. The molecule has 0 bridgehead atoms. The number of aromatic nitrogens is 2. The molecule has 1 aromatic heterocycles. The van der Waals surface area contributed by atoms with Gasteiger partial charge in [-0.3, -0.25) is 0 Å². The quantitative estimate of drug-likeness (QED) is 0.902. The topological polar surface area (TPSA) is 85.1 Å². The molecule has 0 aliphatic rings. The summed E-state index contributed by atoms with van der Waals surface area (Å²) < 4.78 is 68.6. The first-order chi connectivity index (χ1) is 10.2. The number of hydrogen-bond donors (Lipinski definition) is 1. The summed E-state index contributed by atoms with van der Waals surface area (Å²) in [5.74, 6) is 0.653. The van der Waals surface area contributed by atoms with Gasteiger partial charge in [0.2, 0.25) is 15.9 Å². The number of sulfonamides is 1. The van der Waals surface area contributed by atoms with E-state index in [9.17, 15) is 21.6 Å². The van der Waals surface area contributed by atoms with Gasteiger partial charge in [0, 0.05) is 19.9 Å². The second kappa shape index (κ2) is 6.05. The van der Waals surface area contributed by atoms with Crippen molar-refractivity contribution in [3.05, 3.63) is 41.5 Å². The first-order valence-electron chi connectivity index (χ1n) is 6.14. The Kier molecular flexibility index (Phi) is 4.52. The van der Waals surface area contributed by atoms with Gasteiger partial charge in [-0.1, -0.05) is 11.2 Å². The van der Waals surface area contributed by atoms with Crippen LogP contribution in [0.3, 0.4) is 0 Å². The average molecular weight is 335 g/mol. The Hall–Kier alpha value is -1.94. The molecule has 10 heteroatoms. The number of rotatable bonds is 5. The molecule has 22 heavy (non-hydrogen) atoms. The van der Waals surface area contributed by atoms with Crippen LogP contribution >= 0.6 is 0 Å². The monoisotopic (exact) mass is 335 g/mol. The maximum Gasteiger partial charge on any atom is 0.416 e. The molecule has 0 saturated heterocycles. The minimum Gasteiger partial charge on any atom is -0.340 e. The molecule has 1 aromatic carbocycles. The molecule has 1 N–H and O–H groups in total. The molecule has 2 aromatic rings. The molecule has 6 nitrogen and oxygen atoms in total. The van der Waals surface area contributed by atoms with E-state index in [2.05, 4.69) is 14.9 Å². The number of nitrogens with one attached hydrogen (secondary N) is 1. The van der Waals surface area contributed by atoms with Crippen LogP contribution in [0.5, 0.6) is 0 Å². The number of aryl methyl sites for hydroxylation is 1. The number of hydrogen-bond acceptors (Lipinski definition) is 5. The Morgan fingerprint density at radius 2 is 2.05 bits per heavy atom. The Balaban J connectivity index is 2.07. The number of nitrogens with zero attached hydrogens (tertiary/aromatic N) is 2. The van der Waals surface area contributed by atoms with Crippen LogP contribution in [0.4, 0.5) is 13.2 Å². The molecule has 1 heterocycles. The van der Waals surface area contributed by atoms with Gasteiger partial charge in [0.1, 0.15) is 0 Å². The van der Waals surface area contributed by atoms with Crippen molar-refractivity contribution in [3.8, 4) is 0 Å². The van der Waals surface area contributed by atoms with Crippen LogP contribution in [0.25, 0.3) is 0 Å². The molecule has 0 radical (unpaired) electrons. The first-order valence-corrected chi connectivity index (χ1v) is 7.63. The smallest absolute Gasteiger partial charge is 0.340 e. The van der Waals surface area contributed by atoms with Crippen molar-refractivity contribution in [2.24, 2.45) is 0 Å². The molecule has 0 aliphatic heterocycles. The van der Waals surface area contributed by atoms with Crippen LogP contribution in [-0.2, 0) is 22.6 Å². The van der Waals surface area contributed by atoms with E-state index in [1.807, 2.05) is 0 Å².